The number of carbonyl (C=O) groups excluding carboxylic acids is 2. The van der Waals surface area contributed by atoms with Crippen molar-refractivity contribution in [3.05, 3.63) is 95.1 Å². The Morgan fingerprint density at radius 3 is 2.26 bits per heavy atom. The number of amidine groups is 1. The molecule has 0 bridgehead atoms. The van der Waals surface area contributed by atoms with E-state index in [0.29, 0.717) is 30.5 Å². The molecule has 0 aliphatic carbocycles. The highest BCUT2D eigenvalue weighted by Gasteiger charge is 2.30. The predicted octanol–water partition coefficient (Wildman–Crippen LogP) is 3.64. The summed E-state index contributed by atoms with van der Waals surface area (Å²) >= 11 is 0. The highest BCUT2D eigenvalue weighted by atomic mass is 16.5. The number of carbonyl (C=O) groups is 2. The first-order valence-electron chi connectivity index (χ1n) is 11.6. The summed E-state index contributed by atoms with van der Waals surface area (Å²) in [5.41, 5.74) is 16.3. The van der Waals surface area contributed by atoms with Crippen molar-refractivity contribution in [1.29, 1.82) is 5.41 Å². The summed E-state index contributed by atoms with van der Waals surface area (Å²) in [6, 6.07) is 22.1. The molecule has 1 amide bonds. The van der Waals surface area contributed by atoms with Crippen molar-refractivity contribution in [3.63, 3.8) is 0 Å². The van der Waals surface area contributed by atoms with Gasteiger partial charge in [-0.3, -0.25) is 15.0 Å². The van der Waals surface area contributed by atoms with Gasteiger partial charge in [0.2, 0.25) is 0 Å². The highest BCUT2D eigenvalue weighted by Crippen LogP contribution is 2.22. The lowest BCUT2D eigenvalue weighted by atomic mass is 9.89. The van der Waals surface area contributed by atoms with E-state index < -0.39 is 17.9 Å². The molecule has 0 saturated heterocycles. The number of methoxy groups -OCH3 is 1. The van der Waals surface area contributed by atoms with E-state index in [1.54, 1.807) is 30.3 Å². The summed E-state index contributed by atoms with van der Waals surface area (Å²) in [6.07, 6.45) is 0.894. The molecule has 7 nitrogen and oxygen atoms in total. The van der Waals surface area contributed by atoms with Crippen molar-refractivity contribution in [2.24, 2.45) is 17.4 Å². The fraction of sp³-hybridized carbons (Fsp3) is 0.250. The van der Waals surface area contributed by atoms with Gasteiger partial charge in [-0.2, -0.15) is 0 Å². The van der Waals surface area contributed by atoms with Gasteiger partial charge in [-0.1, -0.05) is 55.5 Å². The molecular formula is C28H32N4O3. The minimum Gasteiger partial charge on any atom is -0.469 e. The molecule has 35 heavy (non-hydrogen) atoms. The molecule has 0 heterocycles. The molecule has 3 aromatic carbocycles. The fourth-order valence-corrected chi connectivity index (χ4v) is 4.09. The second-order valence-corrected chi connectivity index (χ2v) is 8.42. The third kappa shape index (κ3) is 6.55. The topological polar surface area (TPSA) is 131 Å². The minimum absolute atomic E-state index is 0.0417. The SMILES string of the molecule is CC[C@@H](NC(=O)c1ccc(-c2cccc(CN)c2)cc1)[C@H](Cc1cccc(C(=N)N)c1)C(=O)OC. The monoisotopic (exact) mass is 472 g/mol. The number of esters is 1. The summed E-state index contributed by atoms with van der Waals surface area (Å²) in [5.74, 6) is -1.29. The number of nitrogen functional groups attached to an aromatic ring is 1. The summed E-state index contributed by atoms with van der Waals surface area (Å²) in [7, 11) is 1.34. The average Bonchev–Trinajstić information content (AvgIpc) is 2.90. The maximum Gasteiger partial charge on any atom is 0.311 e. The van der Waals surface area contributed by atoms with Crippen molar-refractivity contribution in [3.8, 4) is 11.1 Å². The summed E-state index contributed by atoms with van der Waals surface area (Å²) in [4.78, 5) is 25.7. The van der Waals surface area contributed by atoms with E-state index in [0.717, 1.165) is 22.3 Å². The molecule has 182 valence electrons. The molecule has 0 saturated carbocycles. The molecule has 0 aromatic heterocycles. The first kappa shape index (κ1) is 25.6. The fourth-order valence-electron chi connectivity index (χ4n) is 4.09. The van der Waals surface area contributed by atoms with Crippen LogP contribution in [0.2, 0.25) is 0 Å². The van der Waals surface area contributed by atoms with Gasteiger partial charge in [0.15, 0.2) is 0 Å². The van der Waals surface area contributed by atoms with E-state index in [-0.39, 0.29) is 11.7 Å². The van der Waals surface area contributed by atoms with Crippen LogP contribution in [0.1, 0.15) is 40.4 Å². The normalized spacial score (nSPS) is 12.4. The molecular weight excluding hydrogens is 440 g/mol. The van der Waals surface area contributed by atoms with Crippen LogP contribution in [0, 0.1) is 11.3 Å². The number of ether oxygens (including phenoxy) is 1. The van der Waals surface area contributed by atoms with Crippen molar-refractivity contribution in [2.45, 2.75) is 32.4 Å². The number of amides is 1. The van der Waals surface area contributed by atoms with Crippen molar-refractivity contribution in [2.75, 3.05) is 7.11 Å². The van der Waals surface area contributed by atoms with Crippen molar-refractivity contribution < 1.29 is 14.3 Å². The van der Waals surface area contributed by atoms with Gasteiger partial charge in [-0.05, 0) is 59.4 Å². The van der Waals surface area contributed by atoms with Crippen LogP contribution in [0.3, 0.4) is 0 Å². The van der Waals surface area contributed by atoms with Crippen LogP contribution in [0.25, 0.3) is 11.1 Å². The van der Waals surface area contributed by atoms with Crippen LogP contribution >= 0.6 is 0 Å². The second kappa shape index (κ2) is 11.9. The van der Waals surface area contributed by atoms with Gasteiger partial charge >= 0.3 is 5.97 Å². The van der Waals surface area contributed by atoms with Crippen LogP contribution in [0.15, 0.2) is 72.8 Å². The molecule has 6 N–H and O–H groups in total. The molecule has 2 atom stereocenters. The number of hydrogen-bond acceptors (Lipinski definition) is 5. The Hall–Kier alpha value is -3.97. The first-order valence-corrected chi connectivity index (χ1v) is 11.6. The molecule has 3 aromatic rings. The Morgan fingerprint density at radius 2 is 1.63 bits per heavy atom. The van der Waals surface area contributed by atoms with Crippen LogP contribution in [-0.4, -0.2) is 30.9 Å². The van der Waals surface area contributed by atoms with E-state index in [9.17, 15) is 9.59 Å². The van der Waals surface area contributed by atoms with E-state index in [4.69, 9.17) is 21.6 Å². The Balaban J connectivity index is 1.77. The van der Waals surface area contributed by atoms with E-state index in [2.05, 4.69) is 5.32 Å². The van der Waals surface area contributed by atoms with Gasteiger partial charge in [0, 0.05) is 23.7 Å². The average molecular weight is 473 g/mol. The van der Waals surface area contributed by atoms with Gasteiger partial charge in [-0.15, -0.1) is 0 Å². The zero-order valence-electron chi connectivity index (χ0n) is 20.1. The molecule has 0 spiro atoms. The van der Waals surface area contributed by atoms with Gasteiger partial charge in [0.25, 0.3) is 5.91 Å². The predicted molar refractivity (Wildman–Crippen MR) is 138 cm³/mol. The van der Waals surface area contributed by atoms with Gasteiger partial charge < -0.3 is 21.5 Å². The molecule has 0 aliphatic heterocycles. The van der Waals surface area contributed by atoms with Gasteiger partial charge in [0.05, 0.1) is 13.0 Å². The van der Waals surface area contributed by atoms with Crippen LogP contribution in [0.5, 0.6) is 0 Å². The van der Waals surface area contributed by atoms with Crippen LogP contribution in [-0.2, 0) is 22.5 Å². The first-order chi connectivity index (χ1) is 16.9. The Labute approximate surface area is 206 Å². The minimum atomic E-state index is -0.588. The highest BCUT2D eigenvalue weighted by molar-refractivity contribution is 5.96. The molecule has 0 radical (unpaired) electrons. The van der Waals surface area contributed by atoms with E-state index in [1.807, 2.05) is 49.4 Å². The number of benzene rings is 3. The lowest BCUT2D eigenvalue weighted by molar-refractivity contribution is -0.146. The maximum atomic E-state index is 13.0. The third-order valence-electron chi connectivity index (χ3n) is 6.08. The molecule has 3 rings (SSSR count). The lowest BCUT2D eigenvalue weighted by Gasteiger charge is -2.25. The zero-order chi connectivity index (χ0) is 25.4. The second-order valence-electron chi connectivity index (χ2n) is 8.42. The molecule has 0 aliphatic rings. The summed E-state index contributed by atoms with van der Waals surface area (Å²) in [6.45, 7) is 2.38. The zero-order valence-corrected chi connectivity index (χ0v) is 20.1. The van der Waals surface area contributed by atoms with Gasteiger partial charge in [-0.25, -0.2) is 0 Å². The van der Waals surface area contributed by atoms with Gasteiger partial charge in [0.1, 0.15) is 5.84 Å². The Kier molecular flexibility index (Phi) is 8.75. The molecule has 7 heteroatoms. The van der Waals surface area contributed by atoms with E-state index in [1.165, 1.54) is 7.11 Å². The standard InChI is InChI=1S/C28H32N4O3/c1-3-25(24(28(34)35-2)16-18-6-4-9-23(14-18)26(30)31)32-27(33)21-12-10-20(11-13-21)22-8-5-7-19(15-22)17-29/h4-15,24-25H,3,16-17,29H2,1-2H3,(H3,30,31)(H,32,33)/t24-,25+/m0/s1. The van der Waals surface area contributed by atoms with E-state index >= 15 is 0 Å². The van der Waals surface area contributed by atoms with Crippen molar-refractivity contribution >= 4 is 17.7 Å². The number of nitrogens with one attached hydrogen (secondary N) is 2. The Morgan fingerprint density at radius 1 is 0.943 bits per heavy atom. The number of rotatable bonds is 10. The maximum absolute atomic E-state index is 13.0. The summed E-state index contributed by atoms with van der Waals surface area (Å²) < 4.78 is 5.05. The largest absolute Gasteiger partial charge is 0.469 e. The molecule has 0 fully saturated rings. The number of hydrogen-bond donors (Lipinski definition) is 4. The Bertz CT molecular complexity index is 1190. The number of nitrogens with two attached hydrogens (primary N) is 2. The lowest BCUT2D eigenvalue weighted by Crippen LogP contribution is -2.44. The smallest absolute Gasteiger partial charge is 0.311 e. The van der Waals surface area contributed by atoms with Crippen LogP contribution in [0.4, 0.5) is 0 Å². The van der Waals surface area contributed by atoms with Crippen molar-refractivity contribution in [1.82, 2.24) is 5.32 Å². The molecule has 0 unspecified atom stereocenters. The van der Waals surface area contributed by atoms with Crippen LogP contribution < -0.4 is 16.8 Å². The third-order valence-corrected chi connectivity index (χ3v) is 6.08. The summed E-state index contributed by atoms with van der Waals surface area (Å²) in [5, 5.41) is 10.7. The quantitative estimate of drug-likeness (QED) is 0.203.